The van der Waals surface area contributed by atoms with Crippen LogP contribution in [0.5, 0.6) is 0 Å². The molecule has 2 N–H and O–H groups in total. The van der Waals surface area contributed by atoms with Gasteiger partial charge < -0.3 is 10.4 Å². The van der Waals surface area contributed by atoms with Crippen molar-refractivity contribution < 1.29 is 5.11 Å². The lowest BCUT2D eigenvalue weighted by atomic mass is 9.84. The Kier molecular flexibility index (Phi) is 4.81. The average Bonchev–Trinajstić information content (AvgIpc) is 2.26. The van der Waals surface area contributed by atoms with Crippen LogP contribution in [0.1, 0.15) is 59.8 Å². The second-order valence-electron chi connectivity index (χ2n) is 6.77. The third kappa shape index (κ3) is 4.84. The van der Waals surface area contributed by atoms with Crippen molar-refractivity contribution in [1.82, 2.24) is 5.32 Å². The summed E-state index contributed by atoms with van der Waals surface area (Å²) in [5.74, 6) is 0.658. The molecule has 0 saturated heterocycles. The Morgan fingerprint density at radius 2 is 1.81 bits per heavy atom. The molecule has 0 aliphatic heterocycles. The highest BCUT2D eigenvalue weighted by Gasteiger charge is 2.33. The van der Waals surface area contributed by atoms with Crippen LogP contribution in [-0.4, -0.2) is 23.8 Å². The summed E-state index contributed by atoms with van der Waals surface area (Å²) in [6.07, 6.45) is 5.46. The Balaban J connectivity index is 2.38. The fourth-order valence-electron chi connectivity index (χ4n) is 2.49. The summed E-state index contributed by atoms with van der Waals surface area (Å²) >= 11 is 0. The monoisotopic (exact) mass is 227 g/mol. The van der Waals surface area contributed by atoms with Crippen LogP contribution in [0.3, 0.4) is 0 Å². The smallest absolute Gasteiger partial charge is 0.0771 e. The topological polar surface area (TPSA) is 32.3 Å². The summed E-state index contributed by atoms with van der Waals surface area (Å²) in [5, 5.41) is 13.9. The molecular formula is C14H29NO. The van der Waals surface area contributed by atoms with Gasteiger partial charge in [0.05, 0.1) is 5.60 Å². The quantitative estimate of drug-likeness (QED) is 0.724. The second kappa shape index (κ2) is 5.50. The minimum Gasteiger partial charge on any atom is -0.389 e. The predicted octanol–water partition coefficient (Wildman–Crippen LogP) is 2.95. The molecule has 0 amide bonds. The van der Waals surface area contributed by atoms with Crippen LogP contribution in [0.2, 0.25) is 0 Å². The lowest BCUT2D eigenvalue weighted by molar-refractivity contribution is 0.0223. The van der Waals surface area contributed by atoms with Crippen LogP contribution in [0.25, 0.3) is 0 Å². The molecule has 2 nitrogen and oxygen atoms in total. The number of aliphatic hydroxyl groups is 1. The van der Waals surface area contributed by atoms with E-state index in [0.717, 1.165) is 38.8 Å². The molecule has 0 aromatic rings. The molecule has 96 valence electrons. The Hall–Kier alpha value is -0.0800. The van der Waals surface area contributed by atoms with Crippen molar-refractivity contribution in [3.63, 3.8) is 0 Å². The Bertz CT molecular complexity index is 213. The molecule has 0 bridgehead atoms. The summed E-state index contributed by atoms with van der Waals surface area (Å²) in [5.41, 5.74) is -0.0365. The first-order valence-electron chi connectivity index (χ1n) is 6.76. The zero-order valence-corrected chi connectivity index (χ0v) is 11.5. The minimum absolute atomic E-state index is 0.419. The van der Waals surface area contributed by atoms with E-state index in [4.69, 9.17) is 0 Å². The molecule has 1 fully saturated rings. The third-order valence-electron chi connectivity index (χ3n) is 3.77. The fourth-order valence-corrected chi connectivity index (χ4v) is 2.49. The van der Waals surface area contributed by atoms with Gasteiger partial charge in [-0.3, -0.25) is 0 Å². The van der Waals surface area contributed by atoms with E-state index in [-0.39, 0.29) is 0 Å². The van der Waals surface area contributed by atoms with Crippen LogP contribution in [0.15, 0.2) is 0 Å². The van der Waals surface area contributed by atoms with Gasteiger partial charge >= 0.3 is 0 Å². The molecule has 1 aliphatic rings. The van der Waals surface area contributed by atoms with Crippen LogP contribution < -0.4 is 5.32 Å². The first-order valence-corrected chi connectivity index (χ1v) is 6.76. The fraction of sp³-hybridized carbons (Fsp3) is 1.00. The first kappa shape index (κ1) is 14.0. The van der Waals surface area contributed by atoms with Gasteiger partial charge in [0.15, 0.2) is 0 Å². The van der Waals surface area contributed by atoms with Gasteiger partial charge in [-0.2, -0.15) is 0 Å². The molecule has 0 heterocycles. The van der Waals surface area contributed by atoms with E-state index in [1.807, 2.05) is 0 Å². The largest absolute Gasteiger partial charge is 0.389 e. The van der Waals surface area contributed by atoms with E-state index in [0.29, 0.717) is 11.3 Å². The predicted molar refractivity (Wildman–Crippen MR) is 69.5 cm³/mol. The zero-order chi connectivity index (χ0) is 12.2. The summed E-state index contributed by atoms with van der Waals surface area (Å²) in [7, 11) is 0. The van der Waals surface area contributed by atoms with Crippen molar-refractivity contribution >= 4 is 0 Å². The van der Waals surface area contributed by atoms with Crippen LogP contribution in [0, 0.1) is 11.3 Å². The van der Waals surface area contributed by atoms with E-state index in [9.17, 15) is 5.11 Å². The molecule has 0 aromatic carbocycles. The number of rotatable bonds is 4. The Morgan fingerprint density at radius 3 is 2.44 bits per heavy atom. The van der Waals surface area contributed by atoms with Crippen molar-refractivity contribution in [2.75, 3.05) is 13.1 Å². The maximum atomic E-state index is 10.5. The zero-order valence-electron chi connectivity index (χ0n) is 11.5. The minimum atomic E-state index is -0.456. The van der Waals surface area contributed by atoms with Gasteiger partial charge in [-0.1, -0.05) is 34.1 Å². The molecular weight excluding hydrogens is 198 g/mol. The maximum absolute atomic E-state index is 10.5. The Morgan fingerprint density at radius 1 is 1.12 bits per heavy atom. The van der Waals surface area contributed by atoms with E-state index >= 15 is 0 Å². The maximum Gasteiger partial charge on any atom is 0.0771 e. The lowest BCUT2D eigenvalue weighted by Gasteiger charge is -2.28. The molecule has 0 radical (unpaired) electrons. The molecule has 1 saturated carbocycles. The summed E-state index contributed by atoms with van der Waals surface area (Å²) in [4.78, 5) is 0. The summed E-state index contributed by atoms with van der Waals surface area (Å²) in [6, 6.07) is 0. The standard InChI is InChI=1S/C14H29NO/c1-12(2)10-15-11-14(16)7-5-6-13(3,4)8-9-14/h12,15-16H,5-11H2,1-4H3. The highest BCUT2D eigenvalue weighted by Crippen LogP contribution is 2.37. The van der Waals surface area contributed by atoms with Crippen molar-refractivity contribution in [3.05, 3.63) is 0 Å². The van der Waals surface area contributed by atoms with Crippen molar-refractivity contribution in [3.8, 4) is 0 Å². The van der Waals surface area contributed by atoms with Gasteiger partial charge in [0.25, 0.3) is 0 Å². The van der Waals surface area contributed by atoms with Crippen molar-refractivity contribution in [2.45, 2.75) is 65.4 Å². The average molecular weight is 227 g/mol. The van der Waals surface area contributed by atoms with Crippen LogP contribution in [0.4, 0.5) is 0 Å². The third-order valence-corrected chi connectivity index (χ3v) is 3.77. The number of nitrogens with one attached hydrogen (secondary N) is 1. The molecule has 2 heteroatoms. The number of hydrogen-bond donors (Lipinski definition) is 2. The molecule has 0 aromatic heterocycles. The molecule has 1 aliphatic carbocycles. The molecule has 1 rings (SSSR count). The van der Waals surface area contributed by atoms with E-state index in [2.05, 4.69) is 33.0 Å². The van der Waals surface area contributed by atoms with Gasteiger partial charge in [0.2, 0.25) is 0 Å². The van der Waals surface area contributed by atoms with E-state index in [1.54, 1.807) is 0 Å². The first-order chi connectivity index (χ1) is 7.33. The molecule has 1 atom stereocenters. The van der Waals surface area contributed by atoms with Crippen LogP contribution in [-0.2, 0) is 0 Å². The second-order valence-corrected chi connectivity index (χ2v) is 6.77. The molecule has 0 spiro atoms. The van der Waals surface area contributed by atoms with Gasteiger partial charge in [0, 0.05) is 6.54 Å². The normalized spacial score (nSPS) is 30.4. The van der Waals surface area contributed by atoms with E-state index < -0.39 is 5.60 Å². The van der Waals surface area contributed by atoms with Crippen molar-refractivity contribution in [2.24, 2.45) is 11.3 Å². The van der Waals surface area contributed by atoms with Gasteiger partial charge in [-0.05, 0) is 43.6 Å². The van der Waals surface area contributed by atoms with Crippen LogP contribution >= 0.6 is 0 Å². The number of hydrogen-bond acceptors (Lipinski definition) is 2. The highest BCUT2D eigenvalue weighted by molar-refractivity contribution is 4.87. The van der Waals surface area contributed by atoms with Gasteiger partial charge in [0.1, 0.15) is 0 Å². The summed E-state index contributed by atoms with van der Waals surface area (Å²) in [6.45, 7) is 10.8. The SMILES string of the molecule is CC(C)CNCC1(O)CCCC(C)(C)CC1. The van der Waals surface area contributed by atoms with Gasteiger partial charge in [-0.15, -0.1) is 0 Å². The highest BCUT2D eigenvalue weighted by atomic mass is 16.3. The summed E-state index contributed by atoms with van der Waals surface area (Å²) < 4.78 is 0. The Labute approximate surface area is 101 Å². The molecule has 16 heavy (non-hydrogen) atoms. The van der Waals surface area contributed by atoms with Gasteiger partial charge in [-0.25, -0.2) is 0 Å². The van der Waals surface area contributed by atoms with E-state index in [1.165, 1.54) is 6.42 Å². The van der Waals surface area contributed by atoms with Crippen molar-refractivity contribution in [1.29, 1.82) is 0 Å². The molecule has 1 unspecified atom stereocenters. The lowest BCUT2D eigenvalue weighted by Crippen LogP contribution is -2.41.